The molecule has 0 bridgehead atoms. The summed E-state index contributed by atoms with van der Waals surface area (Å²) in [6.45, 7) is 5.72. The van der Waals surface area contributed by atoms with Gasteiger partial charge in [0.1, 0.15) is 5.69 Å². The van der Waals surface area contributed by atoms with E-state index < -0.39 is 17.5 Å². The van der Waals surface area contributed by atoms with E-state index in [1.165, 1.54) is 16.2 Å². The number of hydrogen-bond acceptors (Lipinski definition) is 4. The highest BCUT2D eigenvalue weighted by molar-refractivity contribution is 7.13. The van der Waals surface area contributed by atoms with Crippen LogP contribution in [0.2, 0.25) is 10.0 Å². The van der Waals surface area contributed by atoms with Gasteiger partial charge in [0.15, 0.2) is 0 Å². The third kappa shape index (κ3) is 4.66. The van der Waals surface area contributed by atoms with Crippen molar-refractivity contribution in [1.82, 2.24) is 15.2 Å². The summed E-state index contributed by atoms with van der Waals surface area (Å²) >= 11 is 13.6. The number of aromatic nitrogens is 1. The lowest BCUT2D eigenvalue weighted by Gasteiger charge is -2.33. The zero-order chi connectivity index (χ0) is 19.5. The summed E-state index contributed by atoms with van der Waals surface area (Å²) in [7, 11) is 0. The van der Waals surface area contributed by atoms with Gasteiger partial charge in [0.2, 0.25) is 0 Å². The second-order valence-corrected chi connectivity index (χ2v) is 8.13. The molecule has 1 heterocycles. The van der Waals surface area contributed by atoms with Crippen LogP contribution in [0.1, 0.15) is 31.3 Å². The van der Waals surface area contributed by atoms with Crippen LogP contribution in [0.15, 0.2) is 23.7 Å². The van der Waals surface area contributed by atoms with Crippen molar-refractivity contribution < 1.29 is 14.7 Å². The minimum atomic E-state index is -1.04. The van der Waals surface area contributed by atoms with E-state index in [0.717, 1.165) is 0 Å². The number of hydrogen-bond donors (Lipinski definition) is 2. The number of carboxylic acid groups (broad SMARTS) is 1. The Morgan fingerprint density at radius 1 is 1.31 bits per heavy atom. The van der Waals surface area contributed by atoms with Crippen molar-refractivity contribution in [3.63, 3.8) is 0 Å². The highest BCUT2D eigenvalue weighted by Gasteiger charge is 2.26. The minimum absolute atomic E-state index is 0.169. The van der Waals surface area contributed by atoms with Gasteiger partial charge in [-0.2, -0.15) is 0 Å². The first-order valence-electron chi connectivity index (χ1n) is 7.79. The lowest BCUT2D eigenvalue weighted by Crippen LogP contribution is -2.48. The minimum Gasteiger partial charge on any atom is -0.465 e. The SMILES string of the molecule is CC(C)(C)N(CCNC(=O)c1ncsc1-c1cccc(Cl)c1Cl)C(=O)O. The van der Waals surface area contributed by atoms with Crippen LogP contribution in [-0.4, -0.2) is 45.6 Å². The molecule has 0 saturated carbocycles. The van der Waals surface area contributed by atoms with E-state index >= 15 is 0 Å². The van der Waals surface area contributed by atoms with Crippen molar-refractivity contribution >= 4 is 46.5 Å². The lowest BCUT2D eigenvalue weighted by molar-refractivity contribution is 0.0889. The molecule has 0 unspecified atom stereocenters. The molecule has 0 atom stereocenters. The van der Waals surface area contributed by atoms with Crippen LogP contribution in [0, 0.1) is 0 Å². The first-order chi connectivity index (χ1) is 12.1. The number of carbonyl (C=O) groups is 2. The van der Waals surface area contributed by atoms with Crippen LogP contribution in [0.5, 0.6) is 0 Å². The summed E-state index contributed by atoms with van der Waals surface area (Å²) in [5.74, 6) is -0.392. The Hall–Kier alpha value is -1.83. The number of carbonyl (C=O) groups excluding carboxylic acids is 1. The molecule has 6 nitrogen and oxygen atoms in total. The molecule has 9 heteroatoms. The number of halogens is 2. The fourth-order valence-electron chi connectivity index (χ4n) is 2.36. The summed E-state index contributed by atoms with van der Waals surface area (Å²) in [6, 6.07) is 5.18. The molecule has 2 N–H and O–H groups in total. The van der Waals surface area contributed by atoms with Crippen LogP contribution in [0.3, 0.4) is 0 Å². The van der Waals surface area contributed by atoms with E-state index in [4.69, 9.17) is 23.2 Å². The van der Waals surface area contributed by atoms with E-state index in [2.05, 4.69) is 10.3 Å². The Labute approximate surface area is 165 Å². The molecule has 26 heavy (non-hydrogen) atoms. The van der Waals surface area contributed by atoms with Gasteiger partial charge < -0.3 is 15.3 Å². The third-order valence-electron chi connectivity index (χ3n) is 3.64. The largest absolute Gasteiger partial charge is 0.465 e. The zero-order valence-corrected chi connectivity index (χ0v) is 16.9. The molecule has 0 radical (unpaired) electrons. The maximum atomic E-state index is 12.5. The van der Waals surface area contributed by atoms with E-state index in [1.54, 1.807) is 44.5 Å². The number of thiazole rings is 1. The fourth-order valence-corrected chi connectivity index (χ4v) is 3.63. The van der Waals surface area contributed by atoms with Crippen LogP contribution in [-0.2, 0) is 0 Å². The van der Waals surface area contributed by atoms with Crippen molar-refractivity contribution in [2.45, 2.75) is 26.3 Å². The second-order valence-electron chi connectivity index (χ2n) is 6.49. The Kier molecular flexibility index (Phi) is 6.49. The maximum Gasteiger partial charge on any atom is 0.407 e. The monoisotopic (exact) mass is 415 g/mol. The van der Waals surface area contributed by atoms with Crippen LogP contribution < -0.4 is 5.32 Å². The Balaban J connectivity index is 2.12. The second kappa shape index (κ2) is 8.24. The van der Waals surface area contributed by atoms with Crippen LogP contribution >= 0.6 is 34.5 Å². The van der Waals surface area contributed by atoms with Gasteiger partial charge in [-0.25, -0.2) is 9.78 Å². The molecule has 140 valence electrons. The van der Waals surface area contributed by atoms with Gasteiger partial charge in [0.25, 0.3) is 5.91 Å². The highest BCUT2D eigenvalue weighted by Crippen LogP contribution is 2.37. The summed E-state index contributed by atoms with van der Waals surface area (Å²) in [5.41, 5.74) is 1.86. The number of nitrogens with zero attached hydrogens (tertiary/aromatic N) is 2. The topological polar surface area (TPSA) is 82.5 Å². The van der Waals surface area contributed by atoms with Gasteiger partial charge in [-0.1, -0.05) is 35.3 Å². The van der Waals surface area contributed by atoms with Gasteiger partial charge in [-0.05, 0) is 26.8 Å². The standard InChI is InChI=1S/C17H19Cl2N3O3S/c1-17(2,3)22(16(24)25)8-7-20-15(23)13-14(26-9-21-13)10-5-4-6-11(18)12(10)19/h4-6,9H,7-8H2,1-3H3,(H,20,23)(H,24,25). The molecule has 0 fully saturated rings. The normalized spacial score (nSPS) is 11.3. The number of benzene rings is 1. The molecule has 0 saturated heterocycles. The summed E-state index contributed by atoms with van der Waals surface area (Å²) in [4.78, 5) is 29.8. The Morgan fingerprint density at radius 2 is 2.00 bits per heavy atom. The Bertz CT molecular complexity index is 818. The van der Waals surface area contributed by atoms with Crippen LogP contribution in [0.4, 0.5) is 4.79 Å². The highest BCUT2D eigenvalue weighted by atomic mass is 35.5. The molecule has 0 aliphatic heterocycles. The molecular formula is C17H19Cl2N3O3S. The van der Waals surface area contributed by atoms with Crippen molar-refractivity contribution in [2.75, 3.05) is 13.1 Å². The molecule has 2 amide bonds. The van der Waals surface area contributed by atoms with Crippen molar-refractivity contribution in [3.8, 4) is 10.4 Å². The predicted molar refractivity (Wildman–Crippen MR) is 104 cm³/mol. The smallest absolute Gasteiger partial charge is 0.407 e. The maximum absolute atomic E-state index is 12.5. The van der Waals surface area contributed by atoms with Crippen molar-refractivity contribution in [1.29, 1.82) is 0 Å². The van der Waals surface area contributed by atoms with Crippen LogP contribution in [0.25, 0.3) is 10.4 Å². The van der Waals surface area contributed by atoms with E-state index in [-0.39, 0.29) is 18.8 Å². The number of amides is 2. The van der Waals surface area contributed by atoms with Gasteiger partial charge in [0, 0.05) is 24.2 Å². The molecular weight excluding hydrogens is 397 g/mol. The molecule has 1 aromatic carbocycles. The van der Waals surface area contributed by atoms with E-state index in [0.29, 0.717) is 20.5 Å². The van der Waals surface area contributed by atoms with E-state index in [9.17, 15) is 14.7 Å². The zero-order valence-electron chi connectivity index (χ0n) is 14.5. The quantitative estimate of drug-likeness (QED) is 0.745. The molecule has 0 aliphatic rings. The summed E-state index contributed by atoms with van der Waals surface area (Å²) in [6.07, 6.45) is -1.04. The van der Waals surface area contributed by atoms with Crippen molar-refractivity contribution in [2.24, 2.45) is 0 Å². The first kappa shape index (κ1) is 20.5. The lowest BCUT2D eigenvalue weighted by atomic mass is 10.1. The summed E-state index contributed by atoms with van der Waals surface area (Å²) < 4.78 is 0. The predicted octanol–water partition coefficient (Wildman–Crippen LogP) is 4.63. The fraction of sp³-hybridized carbons (Fsp3) is 0.353. The van der Waals surface area contributed by atoms with Crippen molar-refractivity contribution in [3.05, 3.63) is 39.4 Å². The molecule has 0 spiro atoms. The van der Waals surface area contributed by atoms with Gasteiger partial charge in [0.05, 0.1) is 20.4 Å². The van der Waals surface area contributed by atoms with E-state index in [1.807, 2.05) is 0 Å². The molecule has 0 aliphatic carbocycles. The molecule has 1 aromatic heterocycles. The number of nitrogens with one attached hydrogen (secondary N) is 1. The third-order valence-corrected chi connectivity index (χ3v) is 5.32. The Morgan fingerprint density at radius 3 is 2.62 bits per heavy atom. The average molecular weight is 416 g/mol. The average Bonchev–Trinajstić information content (AvgIpc) is 3.01. The first-order valence-corrected chi connectivity index (χ1v) is 9.43. The van der Waals surface area contributed by atoms with Gasteiger partial charge >= 0.3 is 6.09 Å². The molecule has 2 rings (SSSR count). The number of rotatable bonds is 5. The van der Waals surface area contributed by atoms with Gasteiger partial charge in [-0.15, -0.1) is 11.3 Å². The summed E-state index contributed by atoms with van der Waals surface area (Å²) in [5, 5.41) is 12.7. The van der Waals surface area contributed by atoms with Gasteiger partial charge in [-0.3, -0.25) is 4.79 Å². The molecule has 2 aromatic rings.